The Morgan fingerprint density at radius 1 is 0.769 bits per heavy atom. The van der Waals surface area contributed by atoms with Crippen LogP contribution in [0, 0.1) is 18.8 Å². The minimum absolute atomic E-state index is 0.170. The number of rotatable bonds is 4. The van der Waals surface area contributed by atoms with Crippen molar-refractivity contribution < 1.29 is 19.1 Å². The first-order valence-electron chi connectivity index (χ1n) is 8.87. The summed E-state index contributed by atoms with van der Waals surface area (Å²) in [4.78, 5) is 24.6. The average molecular weight is 353 g/mol. The minimum atomic E-state index is -0.250. The van der Waals surface area contributed by atoms with Crippen molar-refractivity contribution in [2.24, 2.45) is 11.8 Å². The Kier molecular flexibility index (Phi) is 5.56. The molecule has 2 aromatic rings. The maximum absolute atomic E-state index is 12.3. The van der Waals surface area contributed by atoms with E-state index in [9.17, 15) is 9.59 Å². The van der Waals surface area contributed by atoms with E-state index in [4.69, 9.17) is 15.2 Å². The minimum Gasteiger partial charge on any atom is -0.426 e. The van der Waals surface area contributed by atoms with Gasteiger partial charge in [-0.25, -0.2) is 0 Å². The zero-order valence-corrected chi connectivity index (χ0v) is 14.8. The SMILES string of the molecule is Cc1ccc(OC(=O)C2CCC(C(=O)Oc3ccc(N)cc3)CC2)cc1. The Bertz CT molecular complexity index is 692. The van der Waals surface area contributed by atoms with E-state index in [0.29, 0.717) is 42.9 Å². The maximum Gasteiger partial charge on any atom is 0.314 e. The second kappa shape index (κ2) is 8.04. The number of anilines is 1. The van der Waals surface area contributed by atoms with Gasteiger partial charge in [0.1, 0.15) is 11.5 Å². The number of hydrogen-bond donors (Lipinski definition) is 1. The van der Waals surface area contributed by atoms with Crippen molar-refractivity contribution >= 4 is 17.6 Å². The van der Waals surface area contributed by atoms with Crippen molar-refractivity contribution in [2.75, 3.05) is 5.73 Å². The molecular weight excluding hydrogens is 330 g/mol. The van der Waals surface area contributed by atoms with Crippen LogP contribution in [0.4, 0.5) is 5.69 Å². The summed E-state index contributed by atoms with van der Waals surface area (Å²) in [6, 6.07) is 14.2. The standard InChI is InChI=1S/C21H23NO4/c1-14-2-10-18(11-3-14)25-20(23)15-4-6-16(7-5-15)21(24)26-19-12-8-17(22)9-13-19/h2-3,8-13,15-16H,4-7,22H2,1H3. The lowest BCUT2D eigenvalue weighted by Gasteiger charge is -2.25. The van der Waals surface area contributed by atoms with Crippen LogP contribution in [0.5, 0.6) is 11.5 Å². The van der Waals surface area contributed by atoms with Gasteiger partial charge < -0.3 is 15.2 Å². The zero-order chi connectivity index (χ0) is 18.5. The van der Waals surface area contributed by atoms with Gasteiger partial charge in [0.25, 0.3) is 0 Å². The molecule has 0 heterocycles. The van der Waals surface area contributed by atoms with Gasteiger partial charge in [-0.1, -0.05) is 17.7 Å². The average Bonchev–Trinajstić information content (AvgIpc) is 2.65. The van der Waals surface area contributed by atoms with Crippen molar-refractivity contribution in [3.8, 4) is 11.5 Å². The highest BCUT2D eigenvalue weighted by molar-refractivity contribution is 5.77. The Labute approximate surface area is 153 Å². The smallest absolute Gasteiger partial charge is 0.314 e. The molecule has 136 valence electrons. The molecule has 2 N–H and O–H groups in total. The van der Waals surface area contributed by atoms with Gasteiger partial charge in [-0.15, -0.1) is 0 Å². The van der Waals surface area contributed by atoms with Crippen LogP contribution >= 0.6 is 0 Å². The number of esters is 2. The van der Waals surface area contributed by atoms with Crippen molar-refractivity contribution in [1.29, 1.82) is 0 Å². The number of ether oxygens (including phenoxy) is 2. The summed E-state index contributed by atoms with van der Waals surface area (Å²) in [6.07, 6.45) is 2.52. The lowest BCUT2D eigenvalue weighted by atomic mass is 9.82. The molecule has 2 aromatic carbocycles. The lowest BCUT2D eigenvalue weighted by Crippen LogP contribution is -2.30. The summed E-state index contributed by atoms with van der Waals surface area (Å²) in [7, 11) is 0. The van der Waals surface area contributed by atoms with Crippen LogP contribution in [0.25, 0.3) is 0 Å². The summed E-state index contributed by atoms with van der Waals surface area (Å²) in [5.74, 6) is 0.225. The van der Waals surface area contributed by atoms with Crippen LogP contribution in [-0.4, -0.2) is 11.9 Å². The molecule has 1 aliphatic rings. The number of hydrogen-bond acceptors (Lipinski definition) is 5. The number of nitrogen functional groups attached to an aromatic ring is 1. The highest BCUT2D eigenvalue weighted by Crippen LogP contribution is 2.31. The Morgan fingerprint density at radius 2 is 1.15 bits per heavy atom. The number of nitrogens with two attached hydrogens (primary N) is 1. The van der Waals surface area contributed by atoms with Crippen LogP contribution in [0.2, 0.25) is 0 Å². The van der Waals surface area contributed by atoms with E-state index < -0.39 is 0 Å². The van der Waals surface area contributed by atoms with Gasteiger partial charge in [-0.3, -0.25) is 9.59 Å². The second-order valence-corrected chi connectivity index (χ2v) is 6.77. The first-order valence-corrected chi connectivity index (χ1v) is 8.87. The monoisotopic (exact) mass is 353 g/mol. The van der Waals surface area contributed by atoms with Gasteiger partial charge in [0.2, 0.25) is 0 Å². The predicted octanol–water partition coefficient (Wildman–Crippen LogP) is 3.89. The van der Waals surface area contributed by atoms with Crippen LogP contribution in [-0.2, 0) is 9.59 Å². The van der Waals surface area contributed by atoms with E-state index in [2.05, 4.69) is 0 Å². The molecule has 0 atom stereocenters. The summed E-state index contributed by atoms with van der Waals surface area (Å²) in [6.45, 7) is 1.98. The summed E-state index contributed by atoms with van der Waals surface area (Å²) >= 11 is 0. The Hall–Kier alpha value is -2.82. The van der Waals surface area contributed by atoms with Crippen LogP contribution < -0.4 is 15.2 Å². The fourth-order valence-corrected chi connectivity index (χ4v) is 3.11. The number of aryl methyl sites for hydroxylation is 1. The van der Waals surface area contributed by atoms with Crippen molar-refractivity contribution in [3.63, 3.8) is 0 Å². The van der Waals surface area contributed by atoms with E-state index in [1.165, 1.54) is 0 Å². The van der Waals surface area contributed by atoms with E-state index in [-0.39, 0.29) is 23.8 Å². The molecule has 5 heteroatoms. The fraction of sp³-hybridized carbons (Fsp3) is 0.333. The molecule has 0 bridgehead atoms. The van der Waals surface area contributed by atoms with E-state index in [1.807, 2.05) is 19.1 Å². The third kappa shape index (κ3) is 4.63. The summed E-state index contributed by atoms with van der Waals surface area (Å²) in [5.41, 5.74) is 7.36. The number of carbonyl (C=O) groups excluding carboxylic acids is 2. The van der Waals surface area contributed by atoms with Gasteiger partial charge in [0, 0.05) is 5.69 Å². The molecular formula is C21H23NO4. The van der Waals surface area contributed by atoms with Crippen molar-refractivity contribution in [1.82, 2.24) is 0 Å². The number of carbonyl (C=O) groups is 2. The van der Waals surface area contributed by atoms with Gasteiger partial charge in [-0.2, -0.15) is 0 Å². The Balaban J connectivity index is 1.48. The highest BCUT2D eigenvalue weighted by Gasteiger charge is 2.32. The normalized spacial score (nSPS) is 19.6. The largest absolute Gasteiger partial charge is 0.426 e. The summed E-state index contributed by atoms with van der Waals surface area (Å²) < 4.78 is 10.8. The highest BCUT2D eigenvalue weighted by atomic mass is 16.5. The molecule has 1 aliphatic carbocycles. The van der Waals surface area contributed by atoms with E-state index in [1.54, 1.807) is 36.4 Å². The van der Waals surface area contributed by atoms with Gasteiger partial charge >= 0.3 is 11.9 Å². The van der Waals surface area contributed by atoms with Gasteiger partial charge in [0.05, 0.1) is 11.8 Å². The molecule has 0 saturated heterocycles. The molecule has 5 nitrogen and oxygen atoms in total. The molecule has 1 saturated carbocycles. The molecule has 1 fully saturated rings. The van der Waals surface area contributed by atoms with Crippen molar-refractivity contribution in [3.05, 3.63) is 54.1 Å². The first-order chi connectivity index (χ1) is 12.5. The van der Waals surface area contributed by atoms with Crippen LogP contribution in [0.15, 0.2) is 48.5 Å². The predicted molar refractivity (Wildman–Crippen MR) is 98.8 cm³/mol. The molecule has 26 heavy (non-hydrogen) atoms. The van der Waals surface area contributed by atoms with E-state index in [0.717, 1.165) is 5.56 Å². The number of benzene rings is 2. The first kappa shape index (κ1) is 18.0. The fourth-order valence-electron chi connectivity index (χ4n) is 3.11. The topological polar surface area (TPSA) is 78.6 Å². The molecule has 0 amide bonds. The Morgan fingerprint density at radius 3 is 1.58 bits per heavy atom. The zero-order valence-electron chi connectivity index (χ0n) is 14.8. The third-order valence-corrected chi connectivity index (χ3v) is 4.73. The molecule has 0 aromatic heterocycles. The second-order valence-electron chi connectivity index (χ2n) is 6.77. The van der Waals surface area contributed by atoms with Crippen LogP contribution in [0.3, 0.4) is 0 Å². The molecule has 0 radical (unpaired) electrons. The maximum atomic E-state index is 12.3. The third-order valence-electron chi connectivity index (χ3n) is 4.73. The van der Waals surface area contributed by atoms with Gasteiger partial charge in [-0.05, 0) is 69.0 Å². The quantitative estimate of drug-likeness (QED) is 0.512. The molecule has 0 spiro atoms. The van der Waals surface area contributed by atoms with Crippen molar-refractivity contribution in [2.45, 2.75) is 32.6 Å². The van der Waals surface area contributed by atoms with Gasteiger partial charge in [0.15, 0.2) is 0 Å². The van der Waals surface area contributed by atoms with E-state index >= 15 is 0 Å². The lowest BCUT2D eigenvalue weighted by molar-refractivity contribution is -0.145. The molecule has 0 aliphatic heterocycles. The summed E-state index contributed by atoms with van der Waals surface area (Å²) in [5, 5.41) is 0. The molecule has 3 rings (SSSR count). The van der Waals surface area contributed by atoms with Crippen LogP contribution in [0.1, 0.15) is 31.2 Å². The molecule has 0 unspecified atom stereocenters.